The van der Waals surface area contributed by atoms with Crippen molar-refractivity contribution in [3.05, 3.63) is 41.5 Å². The molecule has 0 aliphatic carbocycles. The monoisotopic (exact) mass is 391 g/mol. The zero-order valence-corrected chi connectivity index (χ0v) is 16.9. The summed E-state index contributed by atoms with van der Waals surface area (Å²) in [5.41, 5.74) is 9.34. The molecule has 3 aromatic heterocycles. The summed E-state index contributed by atoms with van der Waals surface area (Å²) >= 11 is 0. The number of piperidine rings is 1. The number of nitrogen functional groups attached to an aromatic ring is 1. The summed E-state index contributed by atoms with van der Waals surface area (Å²) in [6, 6.07) is 5.79. The average Bonchev–Trinajstić information content (AvgIpc) is 2.68. The number of aryl methyl sites for hydroxylation is 2. The van der Waals surface area contributed by atoms with Crippen molar-refractivity contribution in [1.82, 2.24) is 20.2 Å². The van der Waals surface area contributed by atoms with Gasteiger partial charge in [0.2, 0.25) is 0 Å². The molecule has 8 nitrogen and oxygen atoms in total. The van der Waals surface area contributed by atoms with E-state index >= 15 is 0 Å². The van der Waals surface area contributed by atoms with E-state index in [4.69, 9.17) is 15.5 Å². The third kappa shape index (κ3) is 3.33. The van der Waals surface area contributed by atoms with Crippen LogP contribution < -0.4 is 16.0 Å². The Hall–Kier alpha value is -3.00. The number of anilines is 3. The van der Waals surface area contributed by atoms with E-state index in [9.17, 15) is 0 Å². The van der Waals surface area contributed by atoms with Gasteiger partial charge in [0.05, 0.1) is 29.6 Å². The van der Waals surface area contributed by atoms with E-state index in [2.05, 4.69) is 31.5 Å². The molecule has 6 heterocycles. The minimum absolute atomic E-state index is 0.0648. The molecule has 3 atom stereocenters. The summed E-state index contributed by atoms with van der Waals surface area (Å²) in [5, 5.41) is 14.2. The van der Waals surface area contributed by atoms with Gasteiger partial charge < -0.3 is 20.7 Å². The molecular formula is C21H25N7O. The third-order valence-electron chi connectivity index (χ3n) is 5.71. The lowest BCUT2D eigenvalue weighted by atomic mass is 9.99. The van der Waals surface area contributed by atoms with E-state index in [0.29, 0.717) is 17.9 Å². The number of hydrogen-bond donors (Lipinski definition) is 2. The van der Waals surface area contributed by atoms with Crippen molar-refractivity contribution in [2.45, 2.75) is 45.4 Å². The number of nitrogens with two attached hydrogens (primary N) is 1. The summed E-state index contributed by atoms with van der Waals surface area (Å²) in [7, 11) is 0. The molecule has 0 aromatic carbocycles. The van der Waals surface area contributed by atoms with Crippen molar-refractivity contribution < 1.29 is 4.74 Å². The van der Waals surface area contributed by atoms with Crippen LogP contribution in [0.25, 0.3) is 10.8 Å². The second-order valence-electron chi connectivity index (χ2n) is 8.08. The van der Waals surface area contributed by atoms with Gasteiger partial charge in [0.15, 0.2) is 5.82 Å². The number of rotatable bonds is 4. The molecule has 29 heavy (non-hydrogen) atoms. The largest absolute Gasteiger partial charge is 0.399 e. The smallest absolute Gasteiger partial charge is 0.157 e. The van der Waals surface area contributed by atoms with Crippen LogP contribution in [0.5, 0.6) is 0 Å². The molecule has 3 aliphatic heterocycles. The summed E-state index contributed by atoms with van der Waals surface area (Å²) in [6.07, 6.45) is 3.72. The summed E-state index contributed by atoms with van der Waals surface area (Å²) < 4.78 is 5.76. The fourth-order valence-corrected chi connectivity index (χ4v) is 4.21. The van der Waals surface area contributed by atoms with E-state index in [-0.39, 0.29) is 6.04 Å². The molecule has 3 aliphatic rings. The molecule has 0 saturated carbocycles. The first-order valence-electron chi connectivity index (χ1n) is 10.0. The number of fused-ring (bicyclic) bond motifs is 3. The number of pyridine rings is 2. The van der Waals surface area contributed by atoms with Gasteiger partial charge in [-0.2, -0.15) is 5.10 Å². The first-order valence-corrected chi connectivity index (χ1v) is 10.0. The molecule has 2 bridgehead atoms. The number of aromatic nitrogens is 4. The molecular weight excluding hydrogens is 366 g/mol. The van der Waals surface area contributed by atoms with Crippen molar-refractivity contribution in [1.29, 1.82) is 0 Å². The van der Waals surface area contributed by atoms with Gasteiger partial charge in [0.1, 0.15) is 5.82 Å². The highest BCUT2D eigenvalue weighted by Gasteiger charge is 2.38. The van der Waals surface area contributed by atoms with Gasteiger partial charge in [0, 0.05) is 47.9 Å². The Kier molecular flexibility index (Phi) is 4.24. The van der Waals surface area contributed by atoms with Crippen LogP contribution in [-0.4, -0.2) is 45.5 Å². The van der Waals surface area contributed by atoms with Crippen LogP contribution in [0.3, 0.4) is 0 Å². The van der Waals surface area contributed by atoms with Crippen molar-refractivity contribution in [3.8, 4) is 0 Å². The first-order chi connectivity index (χ1) is 14.0. The topological polar surface area (TPSA) is 102 Å². The van der Waals surface area contributed by atoms with Crippen molar-refractivity contribution in [2.75, 3.05) is 29.0 Å². The average molecular weight is 391 g/mol. The van der Waals surface area contributed by atoms with E-state index in [1.54, 1.807) is 0 Å². The van der Waals surface area contributed by atoms with Crippen molar-refractivity contribution in [2.24, 2.45) is 0 Å². The Morgan fingerprint density at radius 2 is 1.90 bits per heavy atom. The lowest BCUT2D eigenvalue weighted by Crippen LogP contribution is -2.57. The normalized spacial score (nSPS) is 21.7. The number of nitrogens with one attached hydrogen (secondary N) is 1. The highest BCUT2D eigenvalue weighted by Crippen LogP contribution is 2.33. The molecule has 0 radical (unpaired) electrons. The van der Waals surface area contributed by atoms with E-state index in [1.807, 2.05) is 39.1 Å². The van der Waals surface area contributed by atoms with Gasteiger partial charge in [-0.3, -0.25) is 4.98 Å². The molecule has 2 unspecified atom stereocenters. The molecule has 0 amide bonds. The van der Waals surface area contributed by atoms with Gasteiger partial charge in [-0.05, 0) is 39.0 Å². The standard InChI is InChI=1S/C21H25N7O/c1-11-4-14(22)5-19(24-11)13(3)25-21-17-7-20(23-8-18(17)12(2)26-27-21)28-9-15-6-16(10-28)29-15/h4-5,7-8,13,15-16H,6,9-10H2,1-3H3,(H2,22,24)(H,25,27)/t13-,15?,16?/m1/s1. The van der Waals surface area contributed by atoms with Crippen LogP contribution in [0.2, 0.25) is 0 Å². The Balaban J connectivity index is 1.49. The molecule has 3 aromatic rings. The zero-order chi connectivity index (χ0) is 20.1. The Morgan fingerprint density at radius 1 is 1.14 bits per heavy atom. The Bertz CT molecular complexity index is 1050. The van der Waals surface area contributed by atoms with E-state index < -0.39 is 0 Å². The van der Waals surface area contributed by atoms with Crippen LogP contribution in [0.1, 0.15) is 36.5 Å². The van der Waals surface area contributed by atoms with E-state index in [1.165, 1.54) is 0 Å². The number of morpholine rings is 1. The number of hydrogen-bond acceptors (Lipinski definition) is 8. The molecule has 3 fully saturated rings. The van der Waals surface area contributed by atoms with Crippen LogP contribution in [0.15, 0.2) is 24.4 Å². The molecule has 3 saturated heterocycles. The highest BCUT2D eigenvalue weighted by atomic mass is 16.5. The Labute approximate surface area is 169 Å². The fraction of sp³-hybridized carbons (Fsp3) is 0.429. The van der Waals surface area contributed by atoms with Crippen LogP contribution in [-0.2, 0) is 4.74 Å². The quantitative estimate of drug-likeness (QED) is 0.700. The summed E-state index contributed by atoms with van der Waals surface area (Å²) in [4.78, 5) is 11.6. The summed E-state index contributed by atoms with van der Waals surface area (Å²) in [6.45, 7) is 7.72. The zero-order valence-electron chi connectivity index (χ0n) is 16.9. The van der Waals surface area contributed by atoms with Gasteiger partial charge in [-0.15, -0.1) is 5.10 Å². The maximum Gasteiger partial charge on any atom is 0.157 e. The molecule has 3 N–H and O–H groups in total. The number of ether oxygens (including phenoxy) is 1. The minimum Gasteiger partial charge on any atom is -0.399 e. The van der Waals surface area contributed by atoms with Gasteiger partial charge >= 0.3 is 0 Å². The van der Waals surface area contributed by atoms with E-state index in [0.717, 1.165) is 59.0 Å². The first kappa shape index (κ1) is 18.1. The highest BCUT2D eigenvalue weighted by molar-refractivity contribution is 5.94. The molecule has 8 heteroatoms. The summed E-state index contributed by atoms with van der Waals surface area (Å²) in [5.74, 6) is 1.68. The minimum atomic E-state index is -0.0648. The van der Waals surface area contributed by atoms with Crippen molar-refractivity contribution in [3.63, 3.8) is 0 Å². The SMILES string of the molecule is Cc1cc(N)cc([C@@H](C)Nc2nnc(C)c3cnc(N4CC5CC(C4)O5)cc23)n1. The lowest BCUT2D eigenvalue weighted by molar-refractivity contribution is -0.133. The van der Waals surface area contributed by atoms with Crippen molar-refractivity contribution >= 4 is 28.1 Å². The molecule has 150 valence electrons. The van der Waals surface area contributed by atoms with Crippen LogP contribution >= 0.6 is 0 Å². The predicted octanol–water partition coefficient (Wildman–Crippen LogP) is 2.77. The maximum atomic E-state index is 6.00. The molecule has 0 spiro atoms. The second kappa shape index (κ2) is 6.81. The maximum absolute atomic E-state index is 6.00. The van der Waals surface area contributed by atoms with Gasteiger partial charge in [-0.25, -0.2) is 4.98 Å². The van der Waals surface area contributed by atoms with Crippen LogP contribution in [0, 0.1) is 13.8 Å². The molecule has 6 rings (SSSR count). The second-order valence-corrected chi connectivity index (χ2v) is 8.08. The van der Waals surface area contributed by atoms with Crippen LogP contribution in [0.4, 0.5) is 17.3 Å². The predicted molar refractivity (Wildman–Crippen MR) is 113 cm³/mol. The lowest BCUT2D eigenvalue weighted by Gasteiger charge is -2.47. The Morgan fingerprint density at radius 3 is 2.62 bits per heavy atom. The third-order valence-corrected chi connectivity index (χ3v) is 5.71. The number of nitrogens with zero attached hydrogens (tertiary/aromatic N) is 5. The fourth-order valence-electron chi connectivity index (χ4n) is 4.21. The van der Waals surface area contributed by atoms with Gasteiger partial charge in [0.25, 0.3) is 0 Å². The van der Waals surface area contributed by atoms with Gasteiger partial charge in [-0.1, -0.05) is 0 Å².